The first kappa shape index (κ1) is 25.6. The molecule has 1 amide bonds. The molecule has 0 bridgehead atoms. The molecule has 5 aromatic rings. The number of nitrogens with zero attached hydrogens (tertiary/aromatic N) is 5. The Kier molecular flexibility index (Phi) is 7.21. The molecule has 8 nitrogen and oxygen atoms in total. The first-order chi connectivity index (χ1) is 18.4. The predicted octanol–water partition coefficient (Wildman–Crippen LogP) is 5.19. The monoisotopic (exact) mass is 549 g/mol. The maximum Gasteiger partial charge on any atom is 0.264 e. The Morgan fingerprint density at radius 1 is 1.00 bits per heavy atom. The highest BCUT2D eigenvalue weighted by Gasteiger charge is 2.26. The molecule has 11 heteroatoms. The van der Waals surface area contributed by atoms with Crippen molar-refractivity contribution >= 4 is 48.3 Å². The van der Waals surface area contributed by atoms with Gasteiger partial charge in [-0.05, 0) is 61.5 Å². The molecule has 0 unspecified atom stereocenters. The molecule has 2 aromatic heterocycles. The molecular weight excluding hydrogens is 525 g/mol. The Morgan fingerprint density at radius 2 is 1.76 bits per heavy atom. The van der Waals surface area contributed by atoms with Gasteiger partial charge in [-0.25, -0.2) is 17.8 Å². The van der Waals surface area contributed by atoms with E-state index >= 15 is 0 Å². The topological polar surface area (TPSA) is 88.4 Å². The number of carbonyl (C=O) groups excluding carboxylic acids is 1. The largest absolute Gasteiger partial charge is 0.282 e. The van der Waals surface area contributed by atoms with Crippen molar-refractivity contribution in [2.45, 2.75) is 18.4 Å². The molecule has 5 rings (SSSR count). The fraction of sp³-hybridized carbons (Fsp3) is 0.148. The summed E-state index contributed by atoms with van der Waals surface area (Å²) in [5.74, 6) is -0.839. The van der Waals surface area contributed by atoms with E-state index in [1.165, 1.54) is 50.9 Å². The van der Waals surface area contributed by atoms with Crippen molar-refractivity contribution in [2.24, 2.45) is 0 Å². The van der Waals surface area contributed by atoms with Crippen molar-refractivity contribution in [1.82, 2.24) is 14.8 Å². The van der Waals surface area contributed by atoms with E-state index in [-0.39, 0.29) is 35.0 Å². The third-order valence-corrected chi connectivity index (χ3v) is 8.93. The third kappa shape index (κ3) is 5.02. The summed E-state index contributed by atoms with van der Waals surface area (Å²) in [6.45, 7) is 2.65. The number of hydrogen-bond acceptors (Lipinski definition) is 6. The highest BCUT2D eigenvalue weighted by molar-refractivity contribution is 7.92. The number of anilines is 2. The van der Waals surface area contributed by atoms with Gasteiger partial charge < -0.3 is 0 Å². The normalized spacial score (nSPS) is 11.5. The molecule has 3 aromatic carbocycles. The van der Waals surface area contributed by atoms with Gasteiger partial charge in [0.25, 0.3) is 15.9 Å². The molecular formula is C27H24FN5O3S2. The van der Waals surface area contributed by atoms with Gasteiger partial charge in [0.15, 0.2) is 5.13 Å². The van der Waals surface area contributed by atoms with Crippen LogP contribution in [-0.2, 0) is 16.6 Å². The van der Waals surface area contributed by atoms with Gasteiger partial charge in [-0.3, -0.25) is 18.7 Å². The Hall–Kier alpha value is -4.09. The van der Waals surface area contributed by atoms with Crippen LogP contribution in [0.25, 0.3) is 10.2 Å². The molecule has 0 saturated heterocycles. The van der Waals surface area contributed by atoms with E-state index in [2.05, 4.69) is 10.1 Å². The lowest BCUT2D eigenvalue weighted by atomic mass is 10.2. The predicted molar refractivity (Wildman–Crippen MR) is 147 cm³/mol. The lowest BCUT2D eigenvalue weighted by Gasteiger charge is -2.23. The zero-order chi connectivity index (χ0) is 26.7. The number of aromatic nitrogens is 3. The van der Waals surface area contributed by atoms with E-state index in [0.717, 1.165) is 0 Å². The number of benzene rings is 3. The van der Waals surface area contributed by atoms with Crippen LogP contribution in [0.1, 0.15) is 17.3 Å². The van der Waals surface area contributed by atoms with E-state index in [0.29, 0.717) is 22.1 Å². The van der Waals surface area contributed by atoms with Crippen molar-refractivity contribution in [2.75, 3.05) is 22.3 Å². The first-order valence-corrected chi connectivity index (χ1v) is 14.2. The third-order valence-electron chi connectivity index (χ3n) is 5.97. The minimum absolute atomic E-state index is 0.0740. The van der Waals surface area contributed by atoms with E-state index in [4.69, 9.17) is 0 Å². The van der Waals surface area contributed by atoms with Crippen LogP contribution in [-0.4, -0.2) is 42.2 Å². The number of fused-ring (bicyclic) bond motifs is 1. The summed E-state index contributed by atoms with van der Waals surface area (Å²) in [6.07, 6.45) is 3.43. The number of para-hydroxylation sites is 2. The Morgan fingerprint density at radius 3 is 2.42 bits per heavy atom. The second kappa shape index (κ2) is 10.7. The number of carbonyl (C=O) groups is 1. The van der Waals surface area contributed by atoms with Crippen LogP contribution in [0.15, 0.2) is 96.2 Å². The standard InChI is InChI=1S/C27H24FN5O3S2/c1-2-33(21-8-4-3-5-9-21)38(35,36)22-14-12-20(13-15-22)26(34)32(19-18-31-17-7-16-29-31)27-30-25-23(28)10-6-11-24(25)37-27/h3-17H,2,18-19H2,1H3. The quantitative estimate of drug-likeness (QED) is 0.252. The second-order valence-corrected chi connectivity index (χ2v) is 11.2. The number of thiazole rings is 1. The van der Waals surface area contributed by atoms with E-state index < -0.39 is 15.8 Å². The lowest BCUT2D eigenvalue weighted by Crippen LogP contribution is -2.34. The van der Waals surface area contributed by atoms with Crippen molar-refractivity contribution in [3.05, 3.63) is 103 Å². The summed E-state index contributed by atoms with van der Waals surface area (Å²) in [5.41, 5.74) is 1.04. The molecule has 0 atom stereocenters. The van der Waals surface area contributed by atoms with Gasteiger partial charge in [0.05, 0.1) is 21.8 Å². The van der Waals surface area contributed by atoms with Gasteiger partial charge in [0.2, 0.25) is 0 Å². The van der Waals surface area contributed by atoms with Crippen molar-refractivity contribution < 1.29 is 17.6 Å². The maximum absolute atomic E-state index is 14.3. The Bertz CT molecular complexity index is 1650. The smallest absolute Gasteiger partial charge is 0.264 e. The first-order valence-electron chi connectivity index (χ1n) is 11.9. The molecule has 0 saturated carbocycles. The average Bonchev–Trinajstić information content (AvgIpc) is 3.61. The summed E-state index contributed by atoms with van der Waals surface area (Å²) in [6, 6.07) is 21.1. The maximum atomic E-state index is 14.3. The van der Waals surface area contributed by atoms with Gasteiger partial charge in [-0.1, -0.05) is 35.6 Å². The zero-order valence-electron chi connectivity index (χ0n) is 20.4. The molecule has 2 heterocycles. The molecule has 0 radical (unpaired) electrons. The molecule has 0 aliphatic heterocycles. The minimum atomic E-state index is -3.84. The van der Waals surface area contributed by atoms with Gasteiger partial charge >= 0.3 is 0 Å². The molecule has 0 aliphatic rings. The van der Waals surface area contributed by atoms with Gasteiger partial charge in [-0.2, -0.15) is 5.10 Å². The highest BCUT2D eigenvalue weighted by Crippen LogP contribution is 2.31. The number of rotatable bonds is 9. The van der Waals surface area contributed by atoms with E-state index in [9.17, 15) is 17.6 Å². The molecule has 0 N–H and O–H groups in total. The van der Waals surface area contributed by atoms with Crippen molar-refractivity contribution in [3.8, 4) is 0 Å². The second-order valence-electron chi connectivity index (χ2n) is 8.34. The summed E-state index contributed by atoms with van der Waals surface area (Å²) in [5, 5.41) is 4.54. The van der Waals surface area contributed by atoms with Gasteiger partial charge in [-0.15, -0.1) is 0 Å². The van der Waals surface area contributed by atoms with Crippen molar-refractivity contribution in [1.29, 1.82) is 0 Å². The molecule has 194 valence electrons. The van der Waals surface area contributed by atoms with Crippen LogP contribution in [0.2, 0.25) is 0 Å². The molecule has 0 spiro atoms. The van der Waals surface area contributed by atoms with Crippen LogP contribution in [0, 0.1) is 5.82 Å². The lowest BCUT2D eigenvalue weighted by molar-refractivity contribution is 0.0985. The summed E-state index contributed by atoms with van der Waals surface area (Å²) < 4.78 is 44.6. The van der Waals surface area contributed by atoms with E-state index in [1.54, 1.807) is 66.5 Å². The zero-order valence-corrected chi connectivity index (χ0v) is 22.1. The molecule has 38 heavy (non-hydrogen) atoms. The summed E-state index contributed by atoms with van der Waals surface area (Å²) in [4.78, 5) is 19.6. The summed E-state index contributed by atoms with van der Waals surface area (Å²) in [7, 11) is -3.84. The Labute approximate surface area is 223 Å². The van der Waals surface area contributed by atoms with Gasteiger partial charge in [0.1, 0.15) is 11.3 Å². The van der Waals surface area contributed by atoms with Crippen LogP contribution >= 0.6 is 11.3 Å². The number of sulfonamides is 1. The summed E-state index contributed by atoms with van der Waals surface area (Å²) >= 11 is 1.21. The number of amides is 1. The van der Waals surface area contributed by atoms with Crippen LogP contribution < -0.4 is 9.21 Å². The fourth-order valence-electron chi connectivity index (χ4n) is 4.08. The number of hydrogen-bond donors (Lipinski definition) is 0. The fourth-order valence-corrected chi connectivity index (χ4v) is 6.55. The van der Waals surface area contributed by atoms with Crippen LogP contribution in [0.5, 0.6) is 0 Å². The van der Waals surface area contributed by atoms with Gasteiger partial charge in [0, 0.05) is 31.0 Å². The Balaban J connectivity index is 1.45. The molecule has 0 fully saturated rings. The number of halogens is 1. The average molecular weight is 550 g/mol. The van der Waals surface area contributed by atoms with Crippen LogP contribution in [0.3, 0.4) is 0 Å². The molecule has 0 aliphatic carbocycles. The van der Waals surface area contributed by atoms with E-state index in [1.807, 2.05) is 6.07 Å². The highest BCUT2D eigenvalue weighted by atomic mass is 32.2. The van der Waals surface area contributed by atoms with Crippen molar-refractivity contribution in [3.63, 3.8) is 0 Å². The minimum Gasteiger partial charge on any atom is -0.282 e. The SMILES string of the molecule is CCN(c1ccccc1)S(=O)(=O)c1ccc(C(=O)N(CCn2cccn2)c2nc3c(F)cccc3s2)cc1. The van der Waals surface area contributed by atoms with Crippen LogP contribution in [0.4, 0.5) is 15.2 Å².